The standard InChI is InChI=1S/C17H17ClN4O2/c1-10-21-22-16(24-10)7-11-2-4-14(6-11)20-17(23)12-3-5-15(18)13(8-12)9-19/h3,5,8,11,14H,2,4,6-7H2,1H3,(H,20,23)/t11-,14+/m1/s1. The second kappa shape index (κ2) is 7.02. The Morgan fingerprint density at radius 1 is 1.46 bits per heavy atom. The van der Waals surface area contributed by atoms with Crippen molar-refractivity contribution in [3.05, 3.63) is 46.1 Å². The lowest BCUT2D eigenvalue weighted by Gasteiger charge is -2.13. The van der Waals surface area contributed by atoms with Gasteiger partial charge in [0.1, 0.15) is 6.07 Å². The molecule has 124 valence electrons. The fourth-order valence-corrected chi connectivity index (χ4v) is 3.24. The largest absolute Gasteiger partial charge is 0.426 e. The van der Waals surface area contributed by atoms with Gasteiger partial charge in [-0.2, -0.15) is 5.26 Å². The Kier molecular flexibility index (Phi) is 4.81. The Morgan fingerprint density at radius 3 is 3.00 bits per heavy atom. The van der Waals surface area contributed by atoms with Crippen LogP contribution in [0.25, 0.3) is 0 Å². The molecule has 0 radical (unpaired) electrons. The summed E-state index contributed by atoms with van der Waals surface area (Å²) in [6, 6.07) is 6.83. The minimum Gasteiger partial charge on any atom is -0.426 e. The normalized spacial score (nSPS) is 19.9. The topological polar surface area (TPSA) is 91.8 Å². The van der Waals surface area contributed by atoms with Crippen LogP contribution in [-0.2, 0) is 6.42 Å². The molecule has 1 aliphatic carbocycles. The lowest BCUT2D eigenvalue weighted by atomic mass is 10.0. The molecule has 2 atom stereocenters. The number of nitrogens with one attached hydrogen (secondary N) is 1. The molecule has 1 heterocycles. The summed E-state index contributed by atoms with van der Waals surface area (Å²) in [5.41, 5.74) is 0.757. The van der Waals surface area contributed by atoms with Gasteiger partial charge in [-0.15, -0.1) is 10.2 Å². The highest BCUT2D eigenvalue weighted by molar-refractivity contribution is 6.31. The summed E-state index contributed by atoms with van der Waals surface area (Å²) in [6.45, 7) is 1.77. The number of nitriles is 1. The van der Waals surface area contributed by atoms with Gasteiger partial charge in [0, 0.05) is 24.9 Å². The number of rotatable bonds is 4. The van der Waals surface area contributed by atoms with Gasteiger partial charge in [0.25, 0.3) is 5.91 Å². The van der Waals surface area contributed by atoms with Gasteiger partial charge >= 0.3 is 0 Å². The molecule has 0 saturated heterocycles. The van der Waals surface area contributed by atoms with Crippen LogP contribution in [0.3, 0.4) is 0 Å². The van der Waals surface area contributed by atoms with Crippen LogP contribution in [-0.4, -0.2) is 22.1 Å². The molecule has 1 fully saturated rings. The van der Waals surface area contributed by atoms with E-state index in [1.165, 1.54) is 6.07 Å². The average molecular weight is 345 g/mol. The van der Waals surface area contributed by atoms with Crippen LogP contribution in [0.4, 0.5) is 0 Å². The van der Waals surface area contributed by atoms with Crippen molar-refractivity contribution < 1.29 is 9.21 Å². The van der Waals surface area contributed by atoms with Crippen molar-refractivity contribution in [3.8, 4) is 6.07 Å². The maximum Gasteiger partial charge on any atom is 0.251 e. The van der Waals surface area contributed by atoms with E-state index >= 15 is 0 Å². The Morgan fingerprint density at radius 2 is 2.29 bits per heavy atom. The molecule has 1 aromatic carbocycles. The van der Waals surface area contributed by atoms with Crippen molar-refractivity contribution in [2.45, 2.75) is 38.6 Å². The Bertz CT molecular complexity index is 796. The minimum absolute atomic E-state index is 0.118. The van der Waals surface area contributed by atoms with Gasteiger partial charge in [-0.3, -0.25) is 4.79 Å². The Balaban J connectivity index is 1.57. The molecule has 0 unspecified atom stereocenters. The van der Waals surface area contributed by atoms with Crippen LogP contribution in [0.1, 0.15) is 47.0 Å². The van der Waals surface area contributed by atoms with E-state index in [1.807, 2.05) is 6.07 Å². The van der Waals surface area contributed by atoms with Crippen LogP contribution in [0, 0.1) is 24.2 Å². The number of carbonyl (C=O) groups is 1. The molecule has 1 amide bonds. The first-order valence-corrected chi connectivity index (χ1v) is 8.22. The average Bonchev–Trinajstić information content (AvgIpc) is 3.17. The summed E-state index contributed by atoms with van der Waals surface area (Å²) < 4.78 is 5.42. The third-order valence-corrected chi connectivity index (χ3v) is 4.59. The number of amides is 1. The number of aromatic nitrogens is 2. The Labute approximate surface area is 144 Å². The molecule has 0 spiro atoms. The molecule has 0 bridgehead atoms. The number of carbonyl (C=O) groups excluding carboxylic acids is 1. The Hall–Kier alpha value is -2.39. The molecule has 2 aromatic rings. The summed E-state index contributed by atoms with van der Waals surface area (Å²) in [6.07, 6.45) is 3.55. The molecule has 24 heavy (non-hydrogen) atoms. The summed E-state index contributed by atoms with van der Waals surface area (Å²) in [4.78, 5) is 12.3. The highest BCUT2D eigenvalue weighted by Crippen LogP contribution is 2.28. The zero-order valence-electron chi connectivity index (χ0n) is 13.3. The van der Waals surface area contributed by atoms with Crippen molar-refractivity contribution >= 4 is 17.5 Å². The van der Waals surface area contributed by atoms with E-state index in [0.29, 0.717) is 33.8 Å². The summed E-state index contributed by atoms with van der Waals surface area (Å²) in [5.74, 6) is 1.47. The fraction of sp³-hybridized carbons (Fsp3) is 0.412. The van der Waals surface area contributed by atoms with Crippen molar-refractivity contribution in [1.29, 1.82) is 5.26 Å². The van der Waals surface area contributed by atoms with E-state index in [-0.39, 0.29) is 11.9 Å². The van der Waals surface area contributed by atoms with E-state index in [9.17, 15) is 4.79 Å². The van der Waals surface area contributed by atoms with Crippen LogP contribution >= 0.6 is 11.6 Å². The van der Waals surface area contributed by atoms with Gasteiger partial charge in [-0.1, -0.05) is 11.6 Å². The summed E-state index contributed by atoms with van der Waals surface area (Å²) in [5, 5.41) is 20.2. The molecular weight excluding hydrogens is 328 g/mol. The van der Waals surface area contributed by atoms with Crippen molar-refractivity contribution in [2.75, 3.05) is 0 Å². The predicted molar refractivity (Wildman–Crippen MR) is 87.5 cm³/mol. The van der Waals surface area contributed by atoms with Crippen LogP contribution in [0.5, 0.6) is 0 Å². The van der Waals surface area contributed by atoms with Gasteiger partial charge in [0.05, 0.1) is 10.6 Å². The van der Waals surface area contributed by atoms with Gasteiger partial charge in [-0.05, 0) is 43.4 Å². The highest BCUT2D eigenvalue weighted by Gasteiger charge is 2.27. The lowest BCUT2D eigenvalue weighted by molar-refractivity contribution is 0.0937. The smallest absolute Gasteiger partial charge is 0.251 e. The molecule has 6 nitrogen and oxygen atoms in total. The first-order chi connectivity index (χ1) is 11.5. The molecule has 0 aliphatic heterocycles. The maximum atomic E-state index is 12.3. The molecule has 1 saturated carbocycles. The monoisotopic (exact) mass is 344 g/mol. The van der Waals surface area contributed by atoms with E-state index in [1.54, 1.807) is 19.1 Å². The van der Waals surface area contributed by atoms with E-state index in [2.05, 4.69) is 15.5 Å². The fourth-order valence-electron chi connectivity index (χ4n) is 3.08. The molecular formula is C17H17ClN4O2. The van der Waals surface area contributed by atoms with Gasteiger partial charge in [0.2, 0.25) is 11.8 Å². The molecule has 7 heteroatoms. The van der Waals surface area contributed by atoms with Crippen molar-refractivity contribution in [1.82, 2.24) is 15.5 Å². The summed E-state index contributed by atoms with van der Waals surface area (Å²) in [7, 11) is 0. The van der Waals surface area contributed by atoms with Crippen LogP contribution < -0.4 is 5.32 Å². The predicted octanol–water partition coefficient (Wildman–Crippen LogP) is 3.04. The first kappa shape index (κ1) is 16.5. The van der Waals surface area contributed by atoms with Crippen LogP contribution in [0.15, 0.2) is 22.6 Å². The number of nitrogens with zero attached hydrogens (tertiary/aromatic N) is 3. The zero-order valence-corrected chi connectivity index (χ0v) is 14.0. The molecule has 3 rings (SSSR count). The van der Waals surface area contributed by atoms with Crippen LogP contribution in [0.2, 0.25) is 5.02 Å². The number of halogens is 1. The SMILES string of the molecule is Cc1nnc(C[C@@H]2CC[C@H](NC(=O)c3ccc(Cl)c(C#N)c3)C2)o1. The van der Waals surface area contributed by atoms with Gasteiger partial charge in [0.15, 0.2) is 0 Å². The number of benzene rings is 1. The highest BCUT2D eigenvalue weighted by atomic mass is 35.5. The third kappa shape index (κ3) is 3.74. The first-order valence-electron chi connectivity index (χ1n) is 7.84. The van der Waals surface area contributed by atoms with Gasteiger partial charge in [-0.25, -0.2) is 0 Å². The van der Waals surface area contributed by atoms with Crippen molar-refractivity contribution in [2.24, 2.45) is 5.92 Å². The third-order valence-electron chi connectivity index (χ3n) is 4.26. The molecule has 1 aromatic heterocycles. The van der Waals surface area contributed by atoms with E-state index in [0.717, 1.165) is 25.7 Å². The number of hydrogen-bond acceptors (Lipinski definition) is 5. The van der Waals surface area contributed by atoms with Gasteiger partial charge < -0.3 is 9.73 Å². The van der Waals surface area contributed by atoms with E-state index < -0.39 is 0 Å². The quantitative estimate of drug-likeness (QED) is 0.920. The summed E-state index contributed by atoms with van der Waals surface area (Å²) >= 11 is 5.90. The minimum atomic E-state index is -0.178. The molecule has 1 N–H and O–H groups in total. The lowest BCUT2D eigenvalue weighted by Crippen LogP contribution is -2.33. The second-order valence-electron chi connectivity index (χ2n) is 6.07. The number of hydrogen-bond donors (Lipinski definition) is 1. The molecule has 1 aliphatic rings. The second-order valence-corrected chi connectivity index (χ2v) is 6.48. The zero-order chi connectivity index (χ0) is 17.1. The van der Waals surface area contributed by atoms with E-state index in [4.69, 9.17) is 21.3 Å². The van der Waals surface area contributed by atoms with Crippen molar-refractivity contribution in [3.63, 3.8) is 0 Å². The number of aryl methyl sites for hydroxylation is 1. The maximum absolute atomic E-state index is 12.3.